The van der Waals surface area contributed by atoms with Crippen LogP contribution < -0.4 is 4.74 Å². The zero-order valence-corrected chi connectivity index (χ0v) is 17.1. The number of ether oxygens (including phenoxy) is 1. The maximum Gasteiger partial charge on any atom is 0.236 e. The fourth-order valence-electron chi connectivity index (χ4n) is 3.12. The fraction of sp³-hybridized carbons (Fsp3) is 0.350. The largest absolute Gasteiger partial charge is 0.468 e. The number of hydrogen-bond acceptors (Lipinski definition) is 6. The molecule has 0 bridgehead atoms. The molecule has 0 spiro atoms. The van der Waals surface area contributed by atoms with Crippen LogP contribution >= 0.6 is 0 Å². The minimum Gasteiger partial charge on any atom is -0.468 e. The van der Waals surface area contributed by atoms with E-state index in [-0.39, 0.29) is 23.4 Å². The molecule has 10 heteroatoms. The molecule has 0 fully saturated rings. The molecule has 0 atom stereocenters. The molecule has 0 amide bonds. The summed E-state index contributed by atoms with van der Waals surface area (Å²) in [5.74, 6) is -0.585. The molecule has 0 aliphatic rings. The van der Waals surface area contributed by atoms with E-state index in [4.69, 9.17) is 4.74 Å². The Balaban J connectivity index is 1.83. The number of halogens is 2. The number of rotatable bonds is 5. The topological polar surface area (TPSA) is 83.0 Å². The van der Waals surface area contributed by atoms with Crippen molar-refractivity contribution >= 4 is 5.65 Å². The Morgan fingerprint density at radius 3 is 2.50 bits per heavy atom. The van der Waals surface area contributed by atoms with Crippen LogP contribution in [0.1, 0.15) is 39.1 Å². The van der Waals surface area contributed by atoms with E-state index in [1.807, 2.05) is 27.7 Å². The minimum absolute atomic E-state index is 0.0392. The van der Waals surface area contributed by atoms with Gasteiger partial charge in [-0.05, 0) is 30.5 Å². The van der Waals surface area contributed by atoms with Gasteiger partial charge in [-0.15, -0.1) is 15.3 Å². The van der Waals surface area contributed by atoms with Gasteiger partial charge in [-0.2, -0.15) is 9.61 Å². The Hall–Kier alpha value is -3.43. The Kier molecular flexibility index (Phi) is 4.92. The third kappa shape index (κ3) is 3.49. The number of benzene rings is 1. The van der Waals surface area contributed by atoms with E-state index >= 15 is 0 Å². The molecule has 0 radical (unpaired) electrons. The molecule has 4 rings (SSSR count). The zero-order valence-electron chi connectivity index (χ0n) is 17.1. The van der Waals surface area contributed by atoms with Gasteiger partial charge in [0.1, 0.15) is 24.6 Å². The maximum absolute atomic E-state index is 14.3. The second kappa shape index (κ2) is 7.43. The third-order valence-electron chi connectivity index (χ3n) is 4.69. The van der Waals surface area contributed by atoms with E-state index in [0.29, 0.717) is 23.9 Å². The van der Waals surface area contributed by atoms with Crippen molar-refractivity contribution in [1.82, 2.24) is 34.6 Å². The summed E-state index contributed by atoms with van der Waals surface area (Å²) in [5.41, 5.74) is 0.530. The van der Waals surface area contributed by atoms with Crippen molar-refractivity contribution in [2.24, 2.45) is 0 Å². The molecule has 0 N–H and O–H groups in total. The molecule has 0 aliphatic carbocycles. The molecule has 4 aromatic rings. The molecule has 0 saturated carbocycles. The molecule has 0 saturated heterocycles. The fourth-order valence-corrected chi connectivity index (χ4v) is 3.12. The lowest BCUT2D eigenvalue weighted by Gasteiger charge is -2.21. The summed E-state index contributed by atoms with van der Waals surface area (Å²) in [6.45, 7) is 8.77. The van der Waals surface area contributed by atoms with Crippen molar-refractivity contribution in [2.75, 3.05) is 0 Å². The molecule has 30 heavy (non-hydrogen) atoms. The lowest BCUT2D eigenvalue weighted by molar-refractivity contribution is 0.264. The van der Waals surface area contributed by atoms with Crippen LogP contribution in [0, 0.1) is 11.6 Å². The van der Waals surface area contributed by atoms with Crippen LogP contribution in [0.5, 0.6) is 5.88 Å². The first-order chi connectivity index (χ1) is 14.3. The van der Waals surface area contributed by atoms with Crippen molar-refractivity contribution < 1.29 is 13.5 Å². The van der Waals surface area contributed by atoms with Crippen molar-refractivity contribution in [3.05, 3.63) is 53.6 Å². The smallest absolute Gasteiger partial charge is 0.236 e. The summed E-state index contributed by atoms with van der Waals surface area (Å²) in [7, 11) is 0. The Bertz CT molecular complexity index is 1190. The lowest BCUT2D eigenvalue weighted by atomic mass is 9.88. The van der Waals surface area contributed by atoms with Crippen molar-refractivity contribution in [1.29, 1.82) is 0 Å². The molecule has 156 valence electrons. The van der Waals surface area contributed by atoms with E-state index in [9.17, 15) is 8.78 Å². The Morgan fingerprint density at radius 1 is 1.10 bits per heavy atom. The predicted molar refractivity (Wildman–Crippen MR) is 105 cm³/mol. The molecule has 1 aromatic carbocycles. The zero-order chi connectivity index (χ0) is 21.5. The first-order valence-electron chi connectivity index (χ1n) is 9.50. The summed E-state index contributed by atoms with van der Waals surface area (Å²) in [6, 6.07) is 5.39. The van der Waals surface area contributed by atoms with Gasteiger partial charge in [0.25, 0.3) is 0 Å². The second-order valence-corrected chi connectivity index (χ2v) is 7.78. The summed E-state index contributed by atoms with van der Waals surface area (Å²) < 4.78 is 37.6. The van der Waals surface area contributed by atoms with Gasteiger partial charge in [0.15, 0.2) is 17.3 Å². The minimum atomic E-state index is -0.746. The van der Waals surface area contributed by atoms with Gasteiger partial charge in [0, 0.05) is 12.1 Å². The first-order valence-corrected chi connectivity index (χ1v) is 9.50. The third-order valence-corrected chi connectivity index (χ3v) is 4.69. The maximum atomic E-state index is 14.3. The number of nitrogens with zero attached hydrogens (tertiary/aromatic N) is 7. The van der Waals surface area contributed by atoms with Crippen LogP contribution in [-0.2, 0) is 18.6 Å². The standard InChI is InChI=1S/C20H21F2N7O/c1-5-28-16(23-11-24-28)10-30-19-12(20(2,3)4)9-15-25-26-18(29(15)27-19)17-13(21)7-6-8-14(17)22/h6-9,11H,5,10H2,1-4H3. The van der Waals surface area contributed by atoms with Crippen LogP contribution in [0.2, 0.25) is 0 Å². The number of hydrogen-bond donors (Lipinski definition) is 0. The van der Waals surface area contributed by atoms with E-state index < -0.39 is 11.6 Å². The van der Waals surface area contributed by atoms with E-state index in [2.05, 4.69) is 25.4 Å². The summed E-state index contributed by atoms with van der Waals surface area (Å²) in [6.07, 6.45) is 1.46. The number of fused-ring (bicyclic) bond motifs is 1. The quantitative estimate of drug-likeness (QED) is 0.498. The van der Waals surface area contributed by atoms with Crippen molar-refractivity contribution in [3.63, 3.8) is 0 Å². The SMILES string of the molecule is CCn1ncnc1COc1nn2c(-c3c(F)cccc3F)nnc2cc1C(C)(C)C. The van der Waals surface area contributed by atoms with Crippen LogP contribution in [0.3, 0.4) is 0 Å². The predicted octanol–water partition coefficient (Wildman–Crippen LogP) is 3.56. The van der Waals surface area contributed by atoms with Crippen LogP contribution in [-0.4, -0.2) is 34.6 Å². The Labute approximate surface area is 171 Å². The van der Waals surface area contributed by atoms with Gasteiger partial charge < -0.3 is 4.74 Å². The normalized spacial score (nSPS) is 11.9. The molecule has 3 aromatic heterocycles. The average Bonchev–Trinajstić information content (AvgIpc) is 3.31. The highest BCUT2D eigenvalue weighted by molar-refractivity contribution is 5.61. The number of aryl methyl sites for hydroxylation is 1. The highest BCUT2D eigenvalue weighted by atomic mass is 19.1. The molecule has 0 unspecified atom stereocenters. The van der Waals surface area contributed by atoms with Crippen LogP contribution in [0.4, 0.5) is 8.78 Å². The molecular weight excluding hydrogens is 392 g/mol. The lowest BCUT2D eigenvalue weighted by Crippen LogP contribution is -2.17. The molecule has 3 heterocycles. The summed E-state index contributed by atoms with van der Waals surface area (Å²) >= 11 is 0. The van der Waals surface area contributed by atoms with Gasteiger partial charge in [-0.1, -0.05) is 26.8 Å². The average molecular weight is 413 g/mol. The van der Waals surface area contributed by atoms with E-state index in [1.54, 1.807) is 10.7 Å². The molecular formula is C20H21F2N7O. The van der Waals surface area contributed by atoms with Crippen LogP contribution in [0.25, 0.3) is 17.0 Å². The highest BCUT2D eigenvalue weighted by Crippen LogP contribution is 2.32. The number of aromatic nitrogens is 7. The van der Waals surface area contributed by atoms with Gasteiger partial charge in [0.05, 0.1) is 5.56 Å². The molecule has 0 aliphatic heterocycles. The van der Waals surface area contributed by atoms with Gasteiger partial charge in [-0.3, -0.25) is 0 Å². The summed E-state index contributed by atoms with van der Waals surface area (Å²) in [4.78, 5) is 4.20. The van der Waals surface area contributed by atoms with E-state index in [0.717, 1.165) is 17.7 Å². The monoisotopic (exact) mass is 413 g/mol. The van der Waals surface area contributed by atoms with Gasteiger partial charge >= 0.3 is 0 Å². The van der Waals surface area contributed by atoms with Crippen LogP contribution in [0.15, 0.2) is 30.6 Å². The molecule has 8 nitrogen and oxygen atoms in total. The Morgan fingerprint density at radius 2 is 1.83 bits per heavy atom. The first kappa shape index (κ1) is 19.9. The van der Waals surface area contributed by atoms with E-state index in [1.165, 1.54) is 16.9 Å². The van der Waals surface area contributed by atoms with Crippen molar-refractivity contribution in [2.45, 2.75) is 46.3 Å². The van der Waals surface area contributed by atoms with Gasteiger partial charge in [-0.25, -0.2) is 18.4 Å². The second-order valence-electron chi connectivity index (χ2n) is 7.78. The van der Waals surface area contributed by atoms with Crippen molar-refractivity contribution in [3.8, 4) is 17.3 Å². The highest BCUT2D eigenvalue weighted by Gasteiger charge is 2.25. The van der Waals surface area contributed by atoms with Gasteiger partial charge in [0.2, 0.25) is 5.88 Å². The summed E-state index contributed by atoms with van der Waals surface area (Å²) in [5, 5.41) is 16.7.